The summed E-state index contributed by atoms with van der Waals surface area (Å²) in [7, 11) is 0. The first-order valence-electron chi connectivity index (χ1n) is 12.4. The molecule has 34 heavy (non-hydrogen) atoms. The molecule has 0 spiro atoms. The van der Waals surface area contributed by atoms with Crippen LogP contribution < -0.4 is 4.74 Å². The first-order chi connectivity index (χ1) is 16.8. The van der Waals surface area contributed by atoms with Crippen molar-refractivity contribution in [2.45, 2.75) is 38.8 Å². The normalized spacial score (nSPS) is 11.2. The summed E-state index contributed by atoms with van der Waals surface area (Å²) in [5, 5.41) is 11.9. The number of hydrogen-bond acceptors (Lipinski definition) is 3. The molecule has 0 bridgehead atoms. The fraction of sp³-hybridized carbons (Fsp3) is 0.290. The van der Waals surface area contributed by atoms with Gasteiger partial charge in [0.2, 0.25) is 0 Å². The monoisotopic (exact) mass is 453 g/mol. The Bertz CT molecular complexity index is 1130. The number of aliphatic hydroxyl groups excluding tert-OH is 1. The first-order valence-corrected chi connectivity index (χ1v) is 12.4. The molecule has 0 heterocycles. The highest BCUT2D eigenvalue weighted by Gasteiger charge is 2.08. The molecule has 0 fully saturated rings. The minimum Gasteiger partial charge on any atom is -0.494 e. The van der Waals surface area contributed by atoms with Gasteiger partial charge in [0.15, 0.2) is 0 Å². The highest BCUT2D eigenvalue weighted by atomic mass is 16.5. The van der Waals surface area contributed by atoms with Gasteiger partial charge in [0.25, 0.3) is 0 Å². The minimum absolute atomic E-state index is 0.160. The molecular weight excluding hydrogens is 418 g/mol. The lowest BCUT2D eigenvalue weighted by atomic mass is 10.1. The second kappa shape index (κ2) is 12.9. The van der Waals surface area contributed by atoms with E-state index in [1.165, 1.54) is 40.3 Å². The van der Waals surface area contributed by atoms with Crippen LogP contribution in [0.3, 0.4) is 0 Å². The van der Waals surface area contributed by atoms with Crippen LogP contribution in [0.25, 0.3) is 10.8 Å². The molecule has 4 aromatic carbocycles. The summed E-state index contributed by atoms with van der Waals surface area (Å²) in [5.74, 6) is 0.939. The fourth-order valence-electron chi connectivity index (χ4n) is 4.36. The molecule has 1 N–H and O–H groups in total. The predicted octanol–water partition coefficient (Wildman–Crippen LogP) is 6.63. The molecular formula is C31H35NO2. The number of rotatable bonds is 13. The topological polar surface area (TPSA) is 32.7 Å². The van der Waals surface area contributed by atoms with Crippen LogP contribution in [0.5, 0.6) is 5.75 Å². The molecule has 3 nitrogen and oxygen atoms in total. The molecule has 0 aliphatic rings. The van der Waals surface area contributed by atoms with Gasteiger partial charge in [0.1, 0.15) is 5.75 Å². The summed E-state index contributed by atoms with van der Waals surface area (Å²) in [6.07, 6.45) is 4.59. The average Bonchev–Trinajstić information content (AvgIpc) is 2.87. The Morgan fingerprint density at radius 1 is 0.618 bits per heavy atom. The molecule has 0 aliphatic carbocycles. The van der Waals surface area contributed by atoms with E-state index in [1.807, 2.05) is 6.07 Å². The first kappa shape index (κ1) is 24.0. The molecule has 0 aromatic heterocycles. The summed E-state index contributed by atoms with van der Waals surface area (Å²) < 4.78 is 6.02. The smallest absolute Gasteiger partial charge is 0.119 e. The lowest BCUT2D eigenvalue weighted by Gasteiger charge is -2.22. The van der Waals surface area contributed by atoms with Crippen molar-refractivity contribution in [3.63, 3.8) is 0 Å². The molecule has 4 aromatic rings. The Morgan fingerprint density at radius 3 is 2.06 bits per heavy atom. The van der Waals surface area contributed by atoms with E-state index in [4.69, 9.17) is 4.74 Å². The van der Waals surface area contributed by atoms with Crippen molar-refractivity contribution >= 4 is 10.8 Å². The molecule has 0 unspecified atom stereocenters. The maximum absolute atomic E-state index is 9.51. The van der Waals surface area contributed by atoms with Gasteiger partial charge in [-0.2, -0.15) is 0 Å². The molecule has 0 amide bonds. The number of aryl methyl sites for hydroxylation is 1. The van der Waals surface area contributed by atoms with E-state index in [9.17, 15) is 5.11 Å². The second-order valence-corrected chi connectivity index (χ2v) is 8.91. The van der Waals surface area contributed by atoms with Crippen molar-refractivity contribution < 1.29 is 9.84 Å². The quantitative estimate of drug-likeness (QED) is 0.231. The Labute approximate surface area is 203 Å². The van der Waals surface area contributed by atoms with Gasteiger partial charge < -0.3 is 9.84 Å². The third-order valence-corrected chi connectivity index (χ3v) is 6.17. The van der Waals surface area contributed by atoms with Crippen LogP contribution >= 0.6 is 0 Å². The fourth-order valence-corrected chi connectivity index (χ4v) is 4.36. The van der Waals surface area contributed by atoms with Crippen molar-refractivity contribution in [3.05, 3.63) is 114 Å². The van der Waals surface area contributed by atoms with Crippen LogP contribution in [-0.4, -0.2) is 29.8 Å². The van der Waals surface area contributed by atoms with E-state index in [-0.39, 0.29) is 6.61 Å². The zero-order chi connectivity index (χ0) is 23.4. The van der Waals surface area contributed by atoms with Gasteiger partial charge in [0.05, 0.1) is 13.2 Å². The van der Waals surface area contributed by atoms with Gasteiger partial charge in [-0.1, -0.05) is 78.9 Å². The summed E-state index contributed by atoms with van der Waals surface area (Å²) in [4.78, 5) is 2.28. The highest BCUT2D eigenvalue weighted by molar-refractivity contribution is 5.84. The van der Waals surface area contributed by atoms with Crippen molar-refractivity contribution in [2.24, 2.45) is 0 Å². The van der Waals surface area contributed by atoms with Gasteiger partial charge in [-0.05, 0) is 71.3 Å². The Hall–Kier alpha value is -3.14. The van der Waals surface area contributed by atoms with Crippen molar-refractivity contribution in [2.75, 3.05) is 19.8 Å². The number of unbranched alkanes of at least 4 members (excludes halogenated alkanes) is 2. The van der Waals surface area contributed by atoms with Gasteiger partial charge in [-0.3, -0.25) is 4.90 Å². The van der Waals surface area contributed by atoms with Crippen LogP contribution in [0.4, 0.5) is 0 Å². The number of fused-ring (bicyclic) bond motifs is 1. The van der Waals surface area contributed by atoms with E-state index in [0.29, 0.717) is 6.54 Å². The highest BCUT2D eigenvalue weighted by Crippen LogP contribution is 2.23. The van der Waals surface area contributed by atoms with Crippen LogP contribution in [0, 0.1) is 0 Å². The van der Waals surface area contributed by atoms with E-state index >= 15 is 0 Å². The van der Waals surface area contributed by atoms with Crippen molar-refractivity contribution in [3.8, 4) is 5.75 Å². The summed E-state index contributed by atoms with van der Waals surface area (Å²) >= 11 is 0. The maximum Gasteiger partial charge on any atom is 0.119 e. The molecule has 0 saturated heterocycles. The lowest BCUT2D eigenvalue weighted by molar-refractivity contribution is 0.184. The Balaban J connectivity index is 1.27. The number of ether oxygens (including phenoxy) is 1. The Morgan fingerprint density at radius 2 is 1.29 bits per heavy atom. The van der Waals surface area contributed by atoms with Crippen LogP contribution in [0.1, 0.15) is 36.0 Å². The van der Waals surface area contributed by atoms with Crippen LogP contribution in [-0.2, 0) is 19.5 Å². The lowest BCUT2D eigenvalue weighted by Crippen LogP contribution is -2.26. The number of nitrogens with zero attached hydrogens (tertiary/aromatic N) is 1. The molecule has 0 radical (unpaired) electrons. The summed E-state index contributed by atoms with van der Waals surface area (Å²) in [6, 6.07) is 34.1. The van der Waals surface area contributed by atoms with E-state index in [0.717, 1.165) is 38.3 Å². The number of hydrogen-bond donors (Lipinski definition) is 1. The van der Waals surface area contributed by atoms with E-state index in [2.05, 4.69) is 95.9 Å². The SMILES string of the molecule is OCCN(Cc1ccccc1)Cc1ccc2cc(OCCCCCc3ccccc3)ccc2c1. The zero-order valence-corrected chi connectivity index (χ0v) is 19.9. The predicted molar refractivity (Wildman–Crippen MR) is 141 cm³/mol. The van der Waals surface area contributed by atoms with Gasteiger partial charge in [-0.15, -0.1) is 0 Å². The number of benzene rings is 4. The third kappa shape index (κ3) is 7.44. The van der Waals surface area contributed by atoms with Gasteiger partial charge >= 0.3 is 0 Å². The maximum atomic E-state index is 9.51. The molecule has 3 heteroatoms. The van der Waals surface area contributed by atoms with Crippen molar-refractivity contribution in [1.82, 2.24) is 4.90 Å². The number of aliphatic hydroxyl groups is 1. The molecule has 176 valence electrons. The zero-order valence-electron chi connectivity index (χ0n) is 19.9. The molecule has 4 rings (SSSR count). The average molecular weight is 454 g/mol. The Kier molecular flexibility index (Phi) is 9.13. The van der Waals surface area contributed by atoms with E-state index < -0.39 is 0 Å². The standard InChI is InChI=1S/C31H35NO2/c33-20-19-32(24-27-13-6-2-7-14-27)25-28-15-16-30-23-31(18-17-29(30)22-28)34-21-9-3-8-12-26-10-4-1-5-11-26/h1-2,4-7,10-11,13-18,22-23,33H,3,8-9,12,19-21,24-25H2. The van der Waals surface area contributed by atoms with Crippen molar-refractivity contribution in [1.29, 1.82) is 0 Å². The van der Waals surface area contributed by atoms with Crippen LogP contribution in [0.2, 0.25) is 0 Å². The third-order valence-electron chi connectivity index (χ3n) is 6.17. The van der Waals surface area contributed by atoms with Gasteiger partial charge in [-0.25, -0.2) is 0 Å². The summed E-state index contributed by atoms with van der Waals surface area (Å²) in [5.41, 5.74) is 3.93. The molecule has 0 atom stereocenters. The summed E-state index contributed by atoms with van der Waals surface area (Å²) in [6.45, 7) is 3.22. The largest absolute Gasteiger partial charge is 0.494 e. The minimum atomic E-state index is 0.160. The molecule has 0 saturated carbocycles. The van der Waals surface area contributed by atoms with E-state index in [1.54, 1.807) is 0 Å². The molecule has 0 aliphatic heterocycles. The van der Waals surface area contributed by atoms with Crippen LogP contribution in [0.15, 0.2) is 97.1 Å². The van der Waals surface area contributed by atoms with Gasteiger partial charge in [0, 0.05) is 19.6 Å². The second-order valence-electron chi connectivity index (χ2n) is 8.91.